The van der Waals surface area contributed by atoms with Gasteiger partial charge in [-0.05, 0) is 61.9 Å². The van der Waals surface area contributed by atoms with E-state index in [-0.39, 0.29) is 5.91 Å². The summed E-state index contributed by atoms with van der Waals surface area (Å²) in [5, 5.41) is 3.64. The molecule has 190 valence electrons. The fourth-order valence-electron chi connectivity index (χ4n) is 4.07. The lowest BCUT2D eigenvalue weighted by Gasteiger charge is -2.19. The number of amides is 1. The molecule has 0 spiro atoms. The number of carbonyl (C=O) groups is 1. The van der Waals surface area contributed by atoms with E-state index in [1.807, 2.05) is 36.1 Å². The number of aromatic nitrogens is 3. The molecule has 1 fully saturated rings. The largest absolute Gasteiger partial charge is 0.339 e. The molecule has 0 bridgehead atoms. The van der Waals surface area contributed by atoms with Gasteiger partial charge in [0.25, 0.3) is 5.91 Å². The Balaban J connectivity index is 1.52. The zero-order valence-corrected chi connectivity index (χ0v) is 22.1. The molecule has 9 nitrogen and oxygen atoms in total. The number of pyridine rings is 1. The van der Waals surface area contributed by atoms with Crippen LogP contribution in [-0.2, 0) is 22.9 Å². The van der Waals surface area contributed by atoms with Crippen LogP contribution in [0.3, 0.4) is 0 Å². The van der Waals surface area contributed by atoms with E-state index in [2.05, 4.69) is 20.3 Å². The highest BCUT2D eigenvalue weighted by atomic mass is 35.5. The average molecular weight is 529 g/mol. The average Bonchev–Trinajstić information content (AvgIpc) is 3.39. The van der Waals surface area contributed by atoms with Crippen LogP contribution in [0, 0.1) is 6.92 Å². The van der Waals surface area contributed by atoms with E-state index in [1.165, 1.54) is 13.2 Å². The summed E-state index contributed by atoms with van der Waals surface area (Å²) in [4.78, 5) is 27.9. The molecule has 0 radical (unpaired) electrons. The third-order valence-electron chi connectivity index (χ3n) is 6.24. The topological polar surface area (TPSA) is 108 Å². The van der Waals surface area contributed by atoms with Gasteiger partial charge in [0.15, 0.2) is 0 Å². The summed E-state index contributed by atoms with van der Waals surface area (Å²) < 4.78 is 25.2. The Morgan fingerprint density at radius 1 is 1.17 bits per heavy atom. The van der Waals surface area contributed by atoms with E-state index >= 15 is 0 Å². The van der Waals surface area contributed by atoms with Crippen molar-refractivity contribution in [2.24, 2.45) is 0 Å². The predicted octanol–water partition coefficient (Wildman–Crippen LogP) is 3.99. The second-order valence-electron chi connectivity index (χ2n) is 8.86. The molecule has 0 unspecified atom stereocenters. The molecule has 1 aliphatic rings. The van der Waals surface area contributed by atoms with Gasteiger partial charge in [-0.25, -0.2) is 23.4 Å². The number of benzene rings is 1. The summed E-state index contributed by atoms with van der Waals surface area (Å²) in [5.41, 5.74) is 3.71. The molecule has 1 amide bonds. The van der Waals surface area contributed by atoms with E-state index < -0.39 is 10.0 Å². The van der Waals surface area contributed by atoms with Gasteiger partial charge in [-0.2, -0.15) is 0 Å². The Bertz CT molecular complexity index is 1380. The predicted molar refractivity (Wildman–Crippen MR) is 142 cm³/mol. The van der Waals surface area contributed by atoms with Crippen molar-refractivity contribution in [3.63, 3.8) is 0 Å². The number of likely N-dealkylation sites (tertiary alicyclic amines) is 1. The molecular formula is C25H29ClN6O3S. The van der Waals surface area contributed by atoms with Crippen molar-refractivity contribution in [1.29, 1.82) is 0 Å². The molecule has 1 aromatic carbocycles. The minimum Gasteiger partial charge on any atom is -0.339 e. The monoisotopic (exact) mass is 528 g/mol. The van der Waals surface area contributed by atoms with Crippen LogP contribution in [-0.4, -0.2) is 60.6 Å². The minimum atomic E-state index is -3.45. The molecule has 0 aliphatic carbocycles. The van der Waals surface area contributed by atoms with Crippen molar-refractivity contribution < 1.29 is 13.2 Å². The summed E-state index contributed by atoms with van der Waals surface area (Å²) in [7, 11) is -1.97. The number of hydrogen-bond donors (Lipinski definition) is 1. The normalized spacial score (nSPS) is 13.6. The van der Waals surface area contributed by atoms with Crippen LogP contribution in [0.2, 0.25) is 5.02 Å². The van der Waals surface area contributed by atoms with Crippen molar-refractivity contribution in [3.05, 3.63) is 70.1 Å². The molecule has 4 rings (SSSR count). The molecule has 11 heteroatoms. The molecule has 2 aromatic heterocycles. The maximum Gasteiger partial charge on any atom is 0.253 e. The molecule has 1 N–H and O–H groups in total. The summed E-state index contributed by atoms with van der Waals surface area (Å²) >= 11 is 6.39. The number of halogens is 1. The van der Waals surface area contributed by atoms with Crippen molar-refractivity contribution in [2.45, 2.75) is 32.6 Å². The van der Waals surface area contributed by atoms with E-state index in [1.54, 1.807) is 12.3 Å². The molecule has 3 aromatic rings. The number of nitrogens with one attached hydrogen (secondary N) is 1. The van der Waals surface area contributed by atoms with Crippen molar-refractivity contribution in [3.8, 4) is 0 Å². The lowest BCUT2D eigenvalue weighted by molar-refractivity contribution is 0.0793. The fraction of sp³-hybridized carbons (Fsp3) is 0.360. The molecule has 36 heavy (non-hydrogen) atoms. The first-order valence-corrected chi connectivity index (χ1v) is 13.9. The van der Waals surface area contributed by atoms with Crippen molar-refractivity contribution >= 4 is 45.0 Å². The number of sulfonamides is 1. The van der Waals surface area contributed by atoms with Gasteiger partial charge in [0.1, 0.15) is 5.82 Å². The highest BCUT2D eigenvalue weighted by Crippen LogP contribution is 2.25. The van der Waals surface area contributed by atoms with E-state index in [9.17, 15) is 13.2 Å². The molecule has 0 atom stereocenters. The lowest BCUT2D eigenvalue weighted by Crippen LogP contribution is -2.27. The second kappa shape index (κ2) is 10.8. The maximum absolute atomic E-state index is 12.8. The Labute approximate surface area is 216 Å². The number of carbonyl (C=O) groups excluding carboxylic acids is 1. The Kier molecular flexibility index (Phi) is 7.75. The van der Waals surface area contributed by atoms with Crippen molar-refractivity contribution in [1.82, 2.24) is 19.9 Å². The van der Waals surface area contributed by atoms with E-state index in [0.29, 0.717) is 40.9 Å². The Hall–Kier alpha value is -3.24. The molecule has 1 saturated heterocycles. The standard InChI is InChI=1S/C25H29ClN6O3S/c1-17-8-9-19(24(33)32-13-4-5-14-32)15-22(17)30-25-28-16-20(26)21(29-25)11-10-18-7-6-12-27-23(18)31(2)36(3,34)35/h6-9,12,15-16H,4-5,10-11,13-14H2,1-3H3,(H,28,29,30). The van der Waals surface area contributed by atoms with Gasteiger partial charge in [-0.3, -0.25) is 9.10 Å². The number of anilines is 3. The first-order chi connectivity index (χ1) is 17.1. The van der Waals surface area contributed by atoms with Crippen LogP contribution in [0.25, 0.3) is 0 Å². The van der Waals surface area contributed by atoms with E-state index in [0.717, 1.165) is 53.3 Å². The van der Waals surface area contributed by atoms with Gasteiger partial charge in [0.2, 0.25) is 16.0 Å². The zero-order chi connectivity index (χ0) is 25.9. The quantitative estimate of drug-likeness (QED) is 0.470. The van der Waals surface area contributed by atoms with Crippen molar-refractivity contribution in [2.75, 3.05) is 36.0 Å². The van der Waals surface area contributed by atoms with Crippen LogP contribution in [0.1, 0.15) is 40.0 Å². The third-order valence-corrected chi connectivity index (χ3v) is 7.72. The zero-order valence-electron chi connectivity index (χ0n) is 20.5. The second-order valence-corrected chi connectivity index (χ2v) is 11.3. The molecular weight excluding hydrogens is 500 g/mol. The number of nitrogens with zero attached hydrogens (tertiary/aromatic N) is 5. The molecule has 1 aliphatic heterocycles. The summed E-state index contributed by atoms with van der Waals surface area (Å²) in [6.45, 7) is 3.53. The minimum absolute atomic E-state index is 0.0274. The Morgan fingerprint density at radius 2 is 1.92 bits per heavy atom. The SMILES string of the molecule is Cc1ccc(C(=O)N2CCCC2)cc1Nc1ncc(Cl)c(CCc2cccnc2N(C)S(C)(=O)=O)n1. The lowest BCUT2D eigenvalue weighted by atomic mass is 10.1. The van der Waals surface area contributed by atoms with Crippen LogP contribution in [0.5, 0.6) is 0 Å². The van der Waals surface area contributed by atoms with Gasteiger partial charge in [0, 0.05) is 37.6 Å². The van der Waals surface area contributed by atoms with E-state index in [4.69, 9.17) is 11.6 Å². The maximum atomic E-state index is 12.8. The summed E-state index contributed by atoms with van der Waals surface area (Å²) in [6.07, 6.45) is 7.25. The molecule has 0 saturated carbocycles. The third kappa shape index (κ3) is 5.93. The fourth-order valence-corrected chi connectivity index (χ4v) is 4.73. The smallest absolute Gasteiger partial charge is 0.253 e. The van der Waals surface area contributed by atoms with Gasteiger partial charge >= 0.3 is 0 Å². The molecule has 3 heterocycles. The van der Waals surface area contributed by atoms with Crippen LogP contribution >= 0.6 is 11.6 Å². The number of rotatable bonds is 8. The van der Waals surface area contributed by atoms with Crippen LogP contribution in [0.4, 0.5) is 17.5 Å². The summed E-state index contributed by atoms with van der Waals surface area (Å²) in [5.74, 6) is 0.765. The number of hydrogen-bond acceptors (Lipinski definition) is 7. The highest BCUT2D eigenvalue weighted by molar-refractivity contribution is 7.92. The van der Waals surface area contributed by atoms with Gasteiger partial charge in [0.05, 0.1) is 23.2 Å². The van der Waals surface area contributed by atoms with Gasteiger partial charge in [-0.15, -0.1) is 0 Å². The van der Waals surface area contributed by atoms with Crippen LogP contribution in [0.15, 0.2) is 42.7 Å². The van der Waals surface area contributed by atoms with Gasteiger partial charge in [-0.1, -0.05) is 23.7 Å². The Morgan fingerprint density at radius 3 is 2.64 bits per heavy atom. The number of aryl methyl sites for hydroxylation is 3. The summed E-state index contributed by atoms with van der Waals surface area (Å²) in [6, 6.07) is 9.18. The highest BCUT2D eigenvalue weighted by Gasteiger charge is 2.21. The first-order valence-electron chi connectivity index (χ1n) is 11.7. The van der Waals surface area contributed by atoms with Gasteiger partial charge < -0.3 is 10.2 Å². The first kappa shape index (κ1) is 25.8. The van der Waals surface area contributed by atoms with Crippen LogP contribution < -0.4 is 9.62 Å².